The summed E-state index contributed by atoms with van der Waals surface area (Å²) in [6, 6.07) is 0. The van der Waals surface area contributed by atoms with Crippen LogP contribution < -0.4 is 0 Å². The largest absolute Gasteiger partial charge is 0.391 e. The van der Waals surface area contributed by atoms with Gasteiger partial charge in [-0.25, -0.2) is 0 Å². The molecule has 0 N–H and O–H groups in total. The van der Waals surface area contributed by atoms with Crippen LogP contribution >= 0.6 is 11.5 Å². The molecule has 0 fully saturated rings. The Morgan fingerprint density at radius 3 is 2.94 bits per heavy atom. The monoisotopic (exact) mass is 254 g/mol. The molecule has 2 rings (SSSR count). The lowest BCUT2D eigenvalue weighted by atomic mass is 10.1. The fourth-order valence-corrected chi connectivity index (χ4v) is 2.56. The third kappa shape index (κ3) is 3.23. The highest BCUT2D eigenvalue weighted by molar-refractivity contribution is 7.05. The van der Waals surface area contributed by atoms with Crippen molar-refractivity contribution in [3.8, 4) is 0 Å². The van der Waals surface area contributed by atoms with E-state index in [1.54, 1.807) is 0 Å². The molecule has 0 unspecified atom stereocenters. The minimum absolute atomic E-state index is 0.205. The van der Waals surface area contributed by atoms with Crippen LogP contribution in [0.2, 0.25) is 0 Å². The quantitative estimate of drug-likeness (QED) is 0.804. The molecule has 5 nitrogen and oxygen atoms in total. The van der Waals surface area contributed by atoms with Crippen molar-refractivity contribution >= 4 is 17.2 Å². The first-order chi connectivity index (χ1) is 8.19. The summed E-state index contributed by atoms with van der Waals surface area (Å²) in [4.78, 5) is 8.86. The molecule has 1 aromatic heterocycles. The van der Waals surface area contributed by atoms with Crippen LogP contribution in [0.3, 0.4) is 0 Å². The van der Waals surface area contributed by atoms with Gasteiger partial charge in [0.1, 0.15) is 6.10 Å². The highest BCUT2D eigenvalue weighted by Crippen LogP contribution is 2.16. The molecule has 94 valence electrons. The zero-order valence-electron chi connectivity index (χ0n) is 10.5. The van der Waals surface area contributed by atoms with Crippen LogP contribution in [0.15, 0.2) is 5.16 Å². The van der Waals surface area contributed by atoms with Crippen molar-refractivity contribution in [3.63, 3.8) is 0 Å². The van der Waals surface area contributed by atoms with Crippen molar-refractivity contribution in [2.45, 2.75) is 39.3 Å². The predicted octanol–water partition coefficient (Wildman–Crippen LogP) is 1.83. The van der Waals surface area contributed by atoms with E-state index in [1.807, 2.05) is 6.92 Å². The molecular weight excluding hydrogens is 236 g/mol. The van der Waals surface area contributed by atoms with Gasteiger partial charge in [-0.15, -0.1) is 5.10 Å². The Morgan fingerprint density at radius 2 is 2.35 bits per heavy atom. The number of aryl methyl sites for hydroxylation is 1. The Morgan fingerprint density at radius 1 is 1.53 bits per heavy atom. The molecule has 0 saturated heterocycles. The van der Waals surface area contributed by atoms with Crippen molar-refractivity contribution in [1.29, 1.82) is 0 Å². The average Bonchev–Trinajstić information content (AvgIpc) is 2.89. The predicted molar refractivity (Wildman–Crippen MR) is 68.2 cm³/mol. The van der Waals surface area contributed by atoms with Gasteiger partial charge in [-0.3, -0.25) is 4.90 Å². The highest BCUT2D eigenvalue weighted by atomic mass is 32.1. The first kappa shape index (κ1) is 12.4. The molecule has 0 aromatic carbocycles. The van der Waals surface area contributed by atoms with E-state index < -0.39 is 0 Å². The Hall–Kier alpha value is -1.01. The molecule has 1 aliphatic rings. The van der Waals surface area contributed by atoms with Gasteiger partial charge in [0.15, 0.2) is 0 Å². The van der Waals surface area contributed by atoms with Crippen LogP contribution in [0, 0.1) is 6.92 Å². The molecule has 0 saturated carbocycles. The summed E-state index contributed by atoms with van der Waals surface area (Å²) in [5.74, 6) is 0. The number of nitrogens with zero attached hydrogens (tertiary/aromatic N) is 4. The summed E-state index contributed by atoms with van der Waals surface area (Å²) >= 11 is 1.47. The van der Waals surface area contributed by atoms with E-state index in [4.69, 9.17) is 4.84 Å². The molecule has 17 heavy (non-hydrogen) atoms. The molecule has 1 aliphatic heterocycles. The van der Waals surface area contributed by atoms with Gasteiger partial charge in [0, 0.05) is 19.5 Å². The second kappa shape index (κ2) is 5.55. The fraction of sp³-hybridized carbons (Fsp3) is 0.727. The smallest absolute Gasteiger partial charge is 0.145 e. The van der Waals surface area contributed by atoms with Crippen molar-refractivity contribution in [2.24, 2.45) is 5.16 Å². The summed E-state index contributed by atoms with van der Waals surface area (Å²) in [7, 11) is 2.09. The van der Waals surface area contributed by atoms with Crippen molar-refractivity contribution in [1.82, 2.24) is 14.5 Å². The van der Waals surface area contributed by atoms with Gasteiger partial charge in [0.25, 0.3) is 0 Å². The maximum atomic E-state index is 5.39. The van der Waals surface area contributed by atoms with Gasteiger partial charge in [-0.2, -0.15) is 0 Å². The molecule has 1 aromatic rings. The lowest BCUT2D eigenvalue weighted by Crippen LogP contribution is -2.28. The Kier molecular flexibility index (Phi) is 4.06. The summed E-state index contributed by atoms with van der Waals surface area (Å²) in [5, 5.41) is 8.09. The number of rotatable bonds is 5. The van der Waals surface area contributed by atoms with Gasteiger partial charge in [0.2, 0.25) is 0 Å². The second-order valence-electron chi connectivity index (χ2n) is 4.42. The van der Waals surface area contributed by atoms with E-state index in [-0.39, 0.29) is 6.10 Å². The van der Waals surface area contributed by atoms with E-state index in [0.29, 0.717) is 0 Å². The minimum atomic E-state index is 0.205. The van der Waals surface area contributed by atoms with Crippen LogP contribution in [0.1, 0.15) is 30.3 Å². The Labute approximate surface area is 106 Å². The summed E-state index contributed by atoms with van der Waals surface area (Å²) in [6.45, 7) is 5.88. The van der Waals surface area contributed by atoms with E-state index in [0.717, 1.165) is 31.6 Å². The van der Waals surface area contributed by atoms with Gasteiger partial charge >= 0.3 is 0 Å². The number of likely N-dealkylation sites (N-methyl/N-ethyl adjacent to an activating group) is 1. The zero-order chi connectivity index (χ0) is 12.3. The number of hydrogen-bond donors (Lipinski definition) is 0. The standard InChI is InChI=1S/C11H18N4OS/c1-4-9-5-10(16-13-9)6-15(3)7-11-8(2)12-14-17-11/h10H,4-7H2,1-3H3/t10-/m1/s1. The molecule has 0 radical (unpaired) electrons. The molecule has 0 aliphatic carbocycles. The maximum absolute atomic E-state index is 5.39. The molecule has 0 amide bonds. The number of aromatic nitrogens is 2. The normalized spacial score (nSPS) is 19.5. The van der Waals surface area contributed by atoms with Crippen LogP contribution in [-0.4, -0.2) is 39.9 Å². The van der Waals surface area contributed by atoms with Crippen molar-refractivity contribution < 1.29 is 4.84 Å². The average molecular weight is 254 g/mol. The van der Waals surface area contributed by atoms with Gasteiger partial charge in [-0.05, 0) is 31.9 Å². The van der Waals surface area contributed by atoms with Crippen molar-refractivity contribution in [2.75, 3.05) is 13.6 Å². The van der Waals surface area contributed by atoms with Crippen LogP contribution in [-0.2, 0) is 11.4 Å². The Balaban J connectivity index is 1.79. The van der Waals surface area contributed by atoms with E-state index in [2.05, 4.69) is 33.6 Å². The first-order valence-corrected chi connectivity index (χ1v) is 6.64. The van der Waals surface area contributed by atoms with Crippen LogP contribution in [0.5, 0.6) is 0 Å². The SMILES string of the molecule is CCC1=NO[C@@H](CN(C)Cc2snnc2C)C1. The molecule has 1 atom stereocenters. The maximum Gasteiger partial charge on any atom is 0.145 e. The molecule has 0 bridgehead atoms. The topological polar surface area (TPSA) is 50.6 Å². The van der Waals surface area contributed by atoms with E-state index in [9.17, 15) is 0 Å². The third-order valence-electron chi connectivity index (χ3n) is 2.88. The molecule has 2 heterocycles. The van der Waals surface area contributed by atoms with E-state index in [1.165, 1.54) is 22.1 Å². The zero-order valence-corrected chi connectivity index (χ0v) is 11.3. The number of oxime groups is 1. The number of hydrogen-bond acceptors (Lipinski definition) is 6. The van der Waals surface area contributed by atoms with Gasteiger partial charge in [0.05, 0.1) is 16.3 Å². The van der Waals surface area contributed by atoms with E-state index >= 15 is 0 Å². The lowest BCUT2D eigenvalue weighted by molar-refractivity contribution is 0.0578. The van der Waals surface area contributed by atoms with Gasteiger partial charge < -0.3 is 4.84 Å². The second-order valence-corrected chi connectivity index (χ2v) is 5.26. The summed E-state index contributed by atoms with van der Waals surface area (Å²) < 4.78 is 3.94. The van der Waals surface area contributed by atoms with Crippen molar-refractivity contribution in [3.05, 3.63) is 10.6 Å². The summed E-state index contributed by atoms with van der Waals surface area (Å²) in [5.41, 5.74) is 2.19. The van der Waals surface area contributed by atoms with Gasteiger partial charge in [-0.1, -0.05) is 16.6 Å². The molecule has 6 heteroatoms. The molecular formula is C11H18N4OS. The lowest BCUT2D eigenvalue weighted by Gasteiger charge is -2.18. The van der Waals surface area contributed by atoms with Crippen LogP contribution in [0.25, 0.3) is 0 Å². The molecule has 0 spiro atoms. The highest BCUT2D eigenvalue weighted by Gasteiger charge is 2.21. The fourth-order valence-electron chi connectivity index (χ4n) is 1.85. The minimum Gasteiger partial charge on any atom is -0.391 e. The Bertz CT molecular complexity index is 404. The summed E-state index contributed by atoms with van der Waals surface area (Å²) in [6.07, 6.45) is 2.15. The third-order valence-corrected chi connectivity index (χ3v) is 3.68. The van der Waals surface area contributed by atoms with Crippen LogP contribution in [0.4, 0.5) is 0 Å². The first-order valence-electron chi connectivity index (χ1n) is 5.87.